The minimum absolute atomic E-state index is 0.738. The average molecular weight is 339 g/mol. The standard InChI is InChI=1S/C13H15BrN4S/c1-8-9(14)5-4-6-10(8)16-12-7-11(15-2)17-13(18-12)19-3/h4-7H,1-3H3,(H2,15,16,17,18). The largest absolute Gasteiger partial charge is 0.373 e. The molecule has 100 valence electrons. The molecule has 1 heterocycles. The predicted octanol–water partition coefficient (Wildman–Crippen LogP) is 4.05. The van der Waals surface area contributed by atoms with E-state index in [9.17, 15) is 0 Å². The zero-order valence-corrected chi connectivity index (χ0v) is 13.4. The molecule has 0 amide bonds. The summed E-state index contributed by atoms with van der Waals surface area (Å²) >= 11 is 5.05. The highest BCUT2D eigenvalue weighted by Gasteiger charge is 2.06. The van der Waals surface area contributed by atoms with Gasteiger partial charge in [-0.3, -0.25) is 0 Å². The summed E-state index contributed by atoms with van der Waals surface area (Å²) in [6, 6.07) is 7.93. The van der Waals surface area contributed by atoms with E-state index in [4.69, 9.17) is 0 Å². The summed E-state index contributed by atoms with van der Waals surface area (Å²) in [7, 11) is 1.85. The van der Waals surface area contributed by atoms with Crippen LogP contribution in [0.25, 0.3) is 0 Å². The molecule has 0 aliphatic rings. The lowest BCUT2D eigenvalue weighted by Gasteiger charge is -2.11. The van der Waals surface area contributed by atoms with Crippen LogP contribution in [0, 0.1) is 6.92 Å². The number of halogens is 1. The Morgan fingerprint density at radius 1 is 1.21 bits per heavy atom. The van der Waals surface area contributed by atoms with Crippen molar-refractivity contribution in [3.05, 3.63) is 34.3 Å². The van der Waals surface area contributed by atoms with E-state index in [0.29, 0.717) is 0 Å². The molecule has 0 fully saturated rings. The van der Waals surface area contributed by atoms with Crippen molar-refractivity contribution in [2.45, 2.75) is 12.1 Å². The van der Waals surface area contributed by atoms with E-state index in [0.717, 1.165) is 32.5 Å². The molecule has 0 radical (unpaired) electrons. The number of hydrogen-bond donors (Lipinski definition) is 2. The summed E-state index contributed by atoms with van der Waals surface area (Å²) < 4.78 is 1.07. The Morgan fingerprint density at radius 2 is 1.95 bits per heavy atom. The number of rotatable bonds is 4. The summed E-state index contributed by atoms with van der Waals surface area (Å²) in [5, 5.41) is 7.11. The number of benzene rings is 1. The fourth-order valence-electron chi connectivity index (χ4n) is 1.59. The van der Waals surface area contributed by atoms with Gasteiger partial charge in [0.2, 0.25) is 0 Å². The molecule has 1 aromatic carbocycles. The van der Waals surface area contributed by atoms with Crippen molar-refractivity contribution in [3.63, 3.8) is 0 Å². The highest BCUT2D eigenvalue weighted by Crippen LogP contribution is 2.27. The Balaban J connectivity index is 2.34. The maximum absolute atomic E-state index is 4.45. The highest BCUT2D eigenvalue weighted by atomic mass is 79.9. The van der Waals surface area contributed by atoms with E-state index in [1.807, 2.05) is 37.6 Å². The van der Waals surface area contributed by atoms with Crippen LogP contribution in [0.4, 0.5) is 17.3 Å². The lowest BCUT2D eigenvalue weighted by Crippen LogP contribution is -2.01. The fourth-order valence-corrected chi connectivity index (χ4v) is 2.33. The first-order chi connectivity index (χ1) is 9.13. The molecule has 0 unspecified atom stereocenters. The number of thioether (sulfide) groups is 1. The Morgan fingerprint density at radius 3 is 2.63 bits per heavy atom. The molecular weight excluding hydrogens is 324 g/mol. The van der Waals surface area contributed by atoms with Gasteiger partial charge in [0.1, 0.15) is 11.6 Å². The number of nitrogens with one attached hydrogen (secondary N) is 2. The molecule has 4 nitrogen and oxygen atoms in total. The molecule has 6 heteroatoms. The zero-order chi connectivity index (χ0) is 13.8. The van der Waals surface area contributed by atoms with Gasteiger partial charge in [-0.2, -0.15) is 0 Å². The average Bonchev–Trinajstić information content (AvgIpc) is 2.43. The molecule has 0 atom stereocenters. The van der Waals surface area contributed by atoms with E-state index in [2.05, 4.69) is 43.5 Å². The van der Waals surface area contributed by atoms with Crippen LogP contribution in [0.2, 0.25) is 0 Å². The molecule has 0 aliphatic heterocycles. The van der Waals surface area contributed by atoms with Crippen molar-refractivity contribution in [2.75, 3.05) is 23.9 Å². The maximum atomic E-state index is 4.45. The van der Waals surface area contributed by atoms with Gasteiger partial charge in [-0.15, -0.1) is 0 Å². The summed E-state index contributed by atoms with van der Waals surface area (Å²) in [4.78, 5) is 8.79. The molecule has 2 N–H and O–H groups in total. The molecule has 1 aromatic heterocycles. The number of nitrogens with zero attached hydrogens (tertiary/aromatic N) is 2. The number of anilines is 3. The first kappa shape index (κ1) is 14.1. The van der Waals surface area contributed by atoms with Gasteiger partial charge in [-0.1, -0.05) is 33.8 Å². The predicted molar refractivity (Wildman–Crippen MR) is 85.5 cm³/mol. The van der Waals surface area contributed by atoms with Crippen LogP contribution in [0.1, 0.15) is 5.56 Å². The second-order valence-electron chi connectivity index (χ2n) is 3.91. The Kier molecular flexibility index (Phi) is 4.66. The van der Waals surface area contributed by atoms with Crippen LogP contribution in [0.15, 0.2) is 33.9 Å². The molecule has 2 aromatic rings. The molecular formula is C13H15BrN4S. The van der Waals surface area contributed by atoms with Crippen molar-refractivity contribution in [1.29, 1.82) is 0 Å². The van der Waals surface area contributed by atoms with Crippen molar-refractivity contribution >= 4 is 45.0 Å². The second kappa shape index (κ2) is 6.25. The van der Waals surface area contributed by atoms with Gasteiger partial charge < -0.3 is 10.6 Å². The van der Waals surface area contributed by atoms with Crippen LogP contribution in [-0.2, 0) is 0 Å². The molecule has 0 saturated heterocycles. The second-order valence-corrected chi connectivity index (χ2v) is 5.54. The van der Waals surface area contributed by atoms with Crippen LogP contribution < -0.4 is 10.6 Å². The third kappa shape index (κ3) is 3.39. The van der Waals surface area contributed by atoms with Crippen LogP contribution >= 0.6 is 27.7 Å². The molecule has 19 heavy (non-hydrogen) atoms. The van der Waals surface area contributed by atoms with Gasteiger partial charge in [0, 0.05) is 23.3 Å². The monoisotopic (exact) mass is 338 g/mol. The minimum Gasteiger partial charge on any atom is -0.373 e. The minimum atomic E-state index is 0.738. The quantitative estimate of drug-likeness (QED) is 0.650. The Labute approximate surface area is 125 Å². The summed E-state index contributed by atoms with van der Waals surface area (Å²) in [5.74, 6) is 1.58. The van der Waals surface area contributed by atoms with E-state index in [1.54, 1.807) is 0 Å². The van der Waals surface area contributed by atoms with E-state index < -0.39 is 0 Å². The van der Waals surface area contributed by atoms with Crippen LogP contribution in [0.3, 0.4) is 0 Å². The molecule has 0 bridgehead atoms. The van der Waals surface area contributed by atoms with Gasteiger partial charge in [0.05, 0.1) is 0 Å². The molecule has 0 aliphatic carbocycles. The lowest BCUT2D eigenvalue weighted by atomic mass is 10.2. The molecule has 0 saturated carbocycles. The first-order valence-corrected chi connectivity index (χ1v) is 7.78. The molecule has 0 spiro atoms. The van der Waals surface area contributed by atoms with Gasteiger partial charge in [0.15, 0.2) is 5.16 Å². The maximum Gasteiger partial charge on any atom is 0.191 e. The zero-order valence-electron chi connectivity index (χ0n) is 11.0. The topological polar surface area (TPSA) is 49.8 Å². The first-order valence-electron chi connectivity index (χ1n) is 5.77. The summed E-state index contributed by atoms with van der Waals surface area (Å²) in [5.41, 5.74) is 2.18. The number of hydrogen-bond acceptors (Lipinski definition) is 5. The van der Waals surface area contributed by atoms with E-state index in [1.165, 1.54) is 11.8 Å². The fraction of sp³-hybridized carbons (Fsp3) is 0.231. The van der Waals surface area contributed by atoms with Crippen LogP contribution in [-0.4, -0.2) is 23.3 Å². The Bertz CT molecular complexity index is 567. The van der Waals surface area contributed by atoms with Crippen molar-refractivity contribution < 1.29 is 0 Å². The van der Waals surface area contributed by atoms with Crippen molar-refractivity contribution in [1.82, 2.24) is 9.97 Å². The summed E-state index contributed by atoms with van der Waals surface area (Å²) in [6.07, 6.45) is 1.96. The lowest BCUT2D eigenvalue weighted by molar-refractivity contribution is 0.977. The normalized spacial score (nSPS) is 10.3. The smallest absolute Gasteiger partial charge is 0.191 e. The summed E-state index contributed by atoms with van der Waals surface area (Å²) in [6.45, 7) is 2.06. The SMILES string of the molecule is CNc1cc(Nc2cccc(Br)c2C)nc(SC)n1. The van der Waals surface area contributed by atoms with Gasteiger partial charge in [0.25, 0.3) is 0 Å². The van der Waals surface area contributed by atoms with Crippen molar-refractivity contribution in [2.24, 2.45) is 0 Å². The van der Waals surface area contributed by atoms with Crippen molar-refractivity contribution in [3.8, 4) is 0 Å². The molecule has 2 rings (SSSR count). The number of aromatic nitrogens is 2. The third-order valence-electron chi connectivity index (χ3n) is 2.67. The highest BCUT2D eigenvalue weighted by molar-refractivity contribution is 9.10. The van der Waals surface area contributed by atoms with Gasteiger partial charge in [-0.05, 0) is 30.9 Å². The Hall–Kier alpha value is -1.27. The van der Waals surface area contributed by atoms with Gasteiger partial charge in [-0.25, -0.2) is 9.97 Å². The third-order valence-corrected chi connectivity index (χ3v) is 4.08. The van der Waals surface area contributed by atoms with Gasteiger partial charge >= 0.3 is 0 Å². The van der Waals surface area contributed by atoms with E-state index >= 15 is 0 Å². The van der Waals surface area contributed by atoms with E-state index in [-0.39, 0.29) is 0 Å². The van der Waals surface area contributed by atoms with Crippen LogP contribution in [0.5, 0.6) is 0 Å².